The highest BCUT2D eigenvalue weighted by atomic mass is 16.8. The molecular weight excluding hydrogens is 474 g/mol. The number of aromatic nitrogens is 1. The largest absolute Gasteiger partial charge is 0.527 e. The zero-order chi connectivity index (χ0) is 25.6. The Morgan fingerprint density at radius 1 is 1.08 bits per heavy atom. The molecule has 9 nitrogen and oxygen atoms in total. The van der Waals surface area contributed by atoms with Crippen LogP contribution in [0.3, 0.4) is 0 Å². The van der Waals surface area contributed by atoms with E-state index in [1.54, 1.807) is 24.4 Å². The van der Waals surface area contributed by atoms with Crippen LogP contribution in [0.1, 0.15) is 72.0 Å². The van der Waals surface area contributed by atoms with Crippen LogP contribution in [0.2, 0.25) is 0 Å². The number of ether oxygens (including phenoxy) is 2. The summed E-state index contributed by atoms with van der Waals surface area (Å²) in [6.07, 6.45) is 6.61. The lowest BCUT2D eigenvalue weighted by Gasteiger charge is -2.30. The second-order valence-corrected chi connectivity index (χ2v) is 10.5. The van der Waals surface area contributed by atoms with E-state index in [9.17, 15) is 14.4 Å². The van der Waals surface area contributed by atoms with E-state index in [0.717, 1.165) is 36.8 Å². The van der Waals surface area contributed by atoms with Gasteiger partial charge in [0.2, 0.25) is 5.91 Å². The molecule has 194 valence electrons. The molecule has 1 atom stereocenters. The SMILES string of the molecule is CCOC(=O)ON1CCC(c2ccc(C3(C(=O)N4CCC5(C4)OC(=O)c4cnccc45)CC3)cc2)CC1. The monoisotopic (exact) mass is 505 g/mol. The van der Waals surface area contributed by atoms with Crippen LogP contribution in [0.5, 0.6) is 0 Å². The molecule has 4 aliphatic rings. The maximum absolute atomic E-state index is 13.7. The number of likely N-dealkylation sites (tertiary alicyclic amines) is 1. The van der Waals surface area contributed by atoms with E-state index in [4.69, 9.17) is 14.3 Å². The first-order valence-corrected chi connectivity index (χ1v) is 13.1. The van der Waals surface area contributed by atoms with Crippen molar-refractivity contribution in [3.63, 3.8) is 0 Å². The first kappa shape index (κ1) is 23.9. The van der Waals surface area contributed by atoms with Crippen LogP contribution in [0, 0.1) is 0 Å². The summed E-state index contributed by atoms with van der Waals surface area (Å²) in [5.41, 5.74) is 2.41. The minimum absolute atomic E-state index is 0.125. The number of esters is 1. The molecular formula is C28H31N3O6. The predicted molar refractivity (Wildman–Crippen MR) is 132 cm³/mol. The number of amides is 1. The third-order valence-corrected chi connectivity index (χ3v) is 8.35. The molecule has 4 heterocycles. The average molecular weight is 506 g/mol. The molecule has 0 bridgehead atoms. The molecule has 2 aromatic rings. The fourth-order valence-corrected chi connectivity index (χ4v) is 6.16. The minimum atomic E-state index is -0.753. The number of carbonyl (C=O) groups is 3. The molecule has 2 saturated heterocycles. The lowest BCUT2D eigenvalue weighted by atomic mass is 9.87. The summed E-state index contributed by atoms with van der Waals surface area (Å²) in [4.78, 5) is 48.8. The Morgan fingerprint density at radius 3 is 2.54 bits per heavy atom. The van der Waals surface area contributed by atoms with Gasteiger partial charge in [0.15, 0.2) is 5.60 Å². The quantitative estimate of drug-likeness (QED) is 0.568. The van der Waals surface area contributed by atoms with Crippen molar-refractivity contribution < 1.29 is 28.7 Å². The van der Waals surface area contributed by atoms with E-state index < -0.39 is 17.2 Å². The van der Waals surface area contributed by atoms with Crippen molar-refractivity contribution in [3.8, 4) is 0 Å². The normalized spacial score (nSPS) is 24.6. The van der Waals surface area contributed by atoms with E-state index in [0.29, 0.717) is 50.7 Å². The first-order valence-electron chi connectivity index (χ1n) is 13.1. The standard InChI is InChI=1S/C28H31N3O6/c1-2-35-26(34)37-31-14-8-20(9-15-31)19-3-5-21(6-4-19)27(10-11-27)25(33)30-16-12-28(18-30)23-7-13-29-17-22(23)24(32)36-28/h3-7,13,17,20H,2,8-12,14-16,18H2,1H3. The number of carbonyl (C=O) groups excluding carboxylic acids is 3. The van der Waals surface area contributed by atoms with Gasteiger partial charge in [-0.05, 0) is 55.7 Å². The molecule has 0 N–H and O–H groups in total. The fraction of sp³-hybridized carbons (Fsp3) is 0.500. The Kier molecular flexibility index (Phi) is 5.90. The van der Waals surface area contributed by atoms with Gasteiger partial charge in [-0.25, -0.2) is 9.59 Å². The fourth-order valence-electron chi connectivity index (χ4n) is 6.16. The number of fused-ring (bicyclic) bond motifs is 2. The molecule has 3 aliphatic heterocycles. The van der Waals surface area contributed by atoms with E-state index in [1.165, 1.54) is 5.56 Å². The van der Waals surface area contributed by atoms with Gasteiger partial charge in [0, 0.05) is 44.0 Å². The maximum Gasteiger partial charge on any atom is 0.527 e. The number of hydroxylamine groups is 2. The van der Waals surface area contributed by atoms with E-state index in [1.807, 2.05) is 11.0 Å². The lowest BCUT2D eigenvalue weighted by molar-refractivity contribution is -0.138. The topological polar surface area (TPSA) is 98.3 Å². The molecule has 6 rings (SSSR count). The number of hydrogen-bond donors (Lipinski definition) is 0. The summed E-state index contributed by atoms with van der Waals surface area (Å²) in [6, 6.07) is 10.3. The van der Waals surface area contributed by atoms with Crippen molar-refractivity contribution in [3.05, 3.63) is 65.0 Å². The van der Waals surface area contributed by atoms with Crippen molar-refractivity contribution in [1.82, 2.24) is 14.9 Å². The Bertz CT molecular complexity index is 1220. The van der Waals surface area contributed by atoms with E-state index >= 15 is 0 Å². The van der Waals surface area contributed by atoms with Crippen LogP contribution >= 0.6 is 0 Å². The minimum Gasteiger partial charge on any atom is -0.449 e. The van der Waals surface area contributed by atoms with Crippen LogP contribution in [0.25, 0.3) is 0 Å². The summed E-state index contributed by atoms with van der Waals surface area (Å²) in [6.45, 7) is 4.33. The number of hydrogen-bond acceptors (Lipinski definition) is 8. The Hall–Kier alpha value is -3.46. The van der Waals surface area contributed by atoms with Crippen molar-refractivity contribution >= 4 is 18.0 Å². The van der Waals surface area contributed by atoms with Crippen LogP contribution in [-0.2, 0) is 30.1 Å². The Morgan fingerprint density at radius 2 is 1.84 bits per heavy atom. The summed E-state index contributed by atoms with van der Waals surface area (Å²) in [7, 11) is 0. The number of benzene rings is 1. The highest BCUT2D eigenvalue weighted by Crippen LogP contribution is 2.52. The first-order chi connectivity index (χ1) is 17.9. The van der Waals surface area contributed by atoms with Crippen LogP contribution < -0.4 is 0 Å². The molecule has 1 amide bonds. The molecule has 0 radical (unpaired) electrons. The Labute approximate surface area is 215 Å². The molecule has 1 aromatic heterocycles. The summed E-state index contributed by atoms with van der Waals surface area (Å²) in [5.74, 6) is 0.152. The van der Waals surface area contributed by atoms with Gasteiger partial charge in [-0.1, -0.05) is 24.3 Å². The molecule has 9 heteroatoms. The highest BCUT2D eigenvalue weighted by Gasteiger charge is 2.57. The van der Waals surface area contributed by atoms with Gasteiger partial charge in [-0.15, -0.1) is 5.06 Å². The molecule has 1 spiro atoms. The third-order valence-electron chi connectivity index (χ3n) is 8.35. The third kappa shape index (κ3) is 4.15. The van der Waals surface area contributed by atoms with E-state index in [-0.39, 0.29) is 11.9 Å². The van der Waals surface area contributed by atoms with Gasteiger partial charge in [-0.3, -0.25) is 9.78 Å². The van der Waals surface area contributed by atoms with Crippen LogP contribution in [-0.4, -0.2) is 65.8 Å². The maximum atomic E-state index is 13.7. The van der Waals surface area contributed by atoms with Crippen molar-refractivity contribution in [1.29, 1.82) is 0 Å². The molecule has 1 unspecified atom stereocenters. The predicted octanol–water partition coefficient (Wildman–Crippen LogP) is 3.68. The summed E-state index contributed by atoms with van der Waals surface area (Å²) >= 11 is 0. The van der Waals surface area contributed by atoms with Gasteiger partial charge in [0.1, 0.15) is 0 Å². The number of rotatable bonds is 5. The van der Waals surface area contributed by atoms with Gasteiger partial charge >= 0.3 is 12.1 Å². The summed E-state index contributed by atoms with van der Waals surface area (Å²) < 4.78 is 10.7. The zero-order valence-corrected chi connectivity index (χ0v) is 21.0. The molecule has 1 aromatic carbocycles. The second-order valence-electron chi connectivity index (χ2n) is 10.5. The number of pyridine rings is 1. The highest BCUT2D eigenvalue weighted by molar-refractivity contribution is 5.95. The average Bonchev–Trinajstić information content (AvgIpc) is 3.55. The lowest BCUT2D eigenvalue weighted by Crippen LogP contribution is -2.40. The second kappa shape index (κ2) is 9.13. The zero-order valence-electron chi connectivity index (χ0n) is 21.0. The Balaban J connectivity index is 1.10. The van der Waals surface area contributed by atoms with Gasteiger partial charge < -0.3 is 19.2 Å². The van der Waals surface area contributed by atoms with Gasteiger partial charge in [0.05, 0.1) is 24.1 Å². The molecule has 37 heavy (non-hydrogen) atoms. The van der Waals surface area contributed by atoms with E-state index in [2.05, 4.69) is 29.2 Å². The van der Waals surface area contributed by atoms with Gasteiger partial charge in [-0.2, -0.15) is 0 Å². The smallest absolute Gasteiger partial charge is 0.449 e. The summed E-state index contributed by atoms with van der Waals surface area (Å²) in [5, 5.41) is 1.67. The number of piperidine rings is 1. The van der Waals surface area contributed by atoms with Crippen molar-refractivity contribution in [2.24, 2.45) is 0 Å². The van der Waals surface area contributed by atoms with Crippen molar-refractivity contribution in [2.75, 3.05) is 32.8 Å². The van der Waals surface area contributed by atoms with Crippen LogP contribution in [0.4, 0.5) is 4.79 Å². The molecule has 1 saturated carbocycles. The number of nitrogens with zero attached hydrogens (tertiary/aromatic N) is 3. The van der Waals surface area contributed by atoms with Crippen LogP contribution in [0.15, 0.2) is 42.7 Å². The van der Waals surface area contributed by atoms with Crippen molar-refractivity contribution in [2.45, 2.75) is 56.0 Å². The van der Waals surface area contributed by atoms with Gasteiger partial charge in [0.25, 0.3) is 0 Å². The molecule has 3 fully saturated rings. The molecule has 1 aliphatic carbocycles.